The number of carbonyl (C=O) groups excluding carboxylic acids is 2. The van der Waals surface area contributed by atoms with Crippen molar-refractivity contribution < 1.29 is 14.3 Å². The van der Waals surface area contributed by atoms with Crippen molar-refractivity contribution in [3.8, 4) is 0 Å². The molecule has 1 aromatic rings. The number of urea groups is 1. The van der Waals surface area contributed by atoms with E-state index in [-0.39, 0.29) is 30.1 Å². The molecule has 3 aliphatic heterocycles. The largest absolute Gasteiger partial charge is 0.380 e. The first-order valence-electron chi connectivity index (χ1n) is 9.10. The van der Waals surface area contributed by atoms with Crippen molar-refractivity contribution in [2.75, 3.05) is 26.7 Å². The van der Waals surface area contributed by atoms with Gasteiger partial charge in [-0.1, -0.05) is 30.3 Å². The van der Waals surface area contributed by atoms with E-state index in [1.165, 1.54) is 10.5 Å². The molecule has 3 heterocycles. The van der Waals surface area contributed by atoms with Gasteiger partial charge in [0.05, 0.1) is 6.10 Å². The number of methoxy groups -OCH3 is 1. The quantitative estimate of drug-likeness (QED) is 0.781. The van der Waals surface area contributed by atoms with Gasteiger partial charge in [-0.3, -0.25) is 14.6 Å². The smallest absolute Gasteiger partial charge is 0.327 e. The highest BCUT2D eigenvalue weighted by atomic mass is 16.5. The van der Waals surface area contributed by atoms with Gasteiger partial charge in [-0.05, 0) is 18.4 Å². The summed E-state index contributed by atoms with van der Waals surface area (Å²) < 4.78 is 5.32. The minimum absolute atomic E-state index is 0.00669. The molecule has 0 saturated carbocycles. The monoisotopic (exact) mass is 343 g/mol. The predicted molar refractivity (Wildman–Crippen MR) is 92.9 cm³/mol. The van der Waals surface area contributed by atoms with Crippen LogP contribution in [0.3, 0.4) is 0 Å². The van der Waals surface area contributed by atoms with Crippen molar-refractivity contribution in [3.05, 3.63) is 35.9 Å². The first kappa shape index (κ1) is 16.5. The second-order valence-electron chi connectivity index (χ2n) is 7.25. The number of fused-ring (bicyclic) bond motifs is 1. The van der Waals surface area contributed by atoms with E-state index in [0.717, 1.165) is 32.5 Å². The minimum atomic E-state index is -0.306. The maximum Gasteiger partial charge on any atom is 0.327 e. The lowest BCUT2D eigenvalue weighted by Gasteiger charge is -2.35. The molecule has 3 saturated heterocycles. The maximum atomic E-state index is 12.7. The number of likely N-dealkylation sites (tertiary alicyclic amines) is 1. The summed E-state index contributed by atoms with van der Waals surface area (Å²) in [5.41, 5.74) is 1.31. The molecule has 6 nitrogen and oxygen atoms in total. The van der Waals surface area contributed by atoms with Crippen LogP contribution >= 0.6 is 0 Å². The summed E-state index contributed by atoms with van der Waals surface area (Å²) in [6.07, 6.45) is 2.34. The fraction of sp³-hybridized carbons (Fsp3) is 0.579. The number of amides is 3. The zero-order valence-corrected chi connectivity index (χ0v) is 14.6. The molecule has 3 aliphatic rings. The van der Waals surface area contributed by atoms with E-state index in [9.17, 15) is 9.59 Å². The molecule has 1 aromatic carbocycles. The molecular weight excluding hydrogens is 318 g/mol. The van der Waals surface area contributed by atoms with Crippen LogP contribution in [0.25, 0.3) is 0 Å². The highest BCUT2D eigenvalue weighted by molar-refractivity contribution is 6.05. The van der Waals surface area contributed by atoms with E-state index in [1.807, 2.05) is 6.07 Å². The molecule has 134 valence electrons. The van der Waals surface area contributed by atoms with Crippen LogP contribution in [0.4, 0.5) is 4.79 Å². The van der Waals surface area contributed by atoms with Crippen molar-refractivity contribution in [2.24, 2.45) is 0 Å². The van der Waals surface area contributed by atoms with Crippen LogP contribution in [0.5, 0.6) is 0 Å². The van der Waals surface area contributed by atoms with E-state index in [1.54, 1.807) is 12.0 Å². The van der Waals surface area contributed by atoms with Gasteiger partial charge < -0.3 is 9.64 Å². The molecule has 0 aromatic heterocycles. The lowest BCUT2D eigenvalue weighted by Crippen LogP contribution is -2.48. The number of imide groups is 1. The van der Waals surface area contributed by atoms with Crippen molar-refractivity contribution in [1.82, 2.24) is 14.7 Å². The van der Waals surface area contributed by atoms with Gasteiger partial charge in [-0.15, -0.1) is 0 Å². The number of ether oxygens (including phenoxy) is 1. The summed E-state index contributed by atoms with van der Waals surface area (Å²) in [6, 6.07) is 10.0. The molecule has 3 fully saturated rings. The van der Waals surface area contributed by atoms with Crippen molar-refractivity contribution in [3.63, 3.8) is 0 Å². The Morgan fingerprint density at radius 2 is 1.84 bits per heavy atom. The van der Waals surface area contributed by atoms with E-state index < -0.39 is 0 Å². The molecule has 0 unspecified atom stereocenters. The first-order valence-corrected chi connectivity index (χ1v) is 9.10. The minimum Gasteiger partial charge on any atom is -0.380 e. The van der Waals surface area contributed by atoms with E-state index >= 15 is 0 Å². The number of rotatable bonds is 4. The highest BCUT2D eigenvalue weighted by Crippen LogP contribution is 2.32. The molecule has 4 rings (SSSR count). The number of carbonyl (C=O) groups is 2. The lowest BCUT2D eigenvalue weighted by atomic mass is 10.0. The van der Waals surface area contributed by atoms with Crippen molar-refractivity contribution >= 4 is 11.9 Å². The zero-order valence-electron chi connectivity index (χ0n) is 14.6. The SMILES string of the molecule is CO[C@@H]1C[C@@H]2C(=O)N(C3CCN(Cc4ccccc4)CC3)C(=O)N2C1. The molecule has 0 aliphatic carbocycles. The molecule has 6 heteroatoms. The second kappa shape index (κ2) is 6.77. The van der Waals surface area contributed by atoms with E-state index in [0.29, 0.717) is 13.0 Å². The second-order valence-corrected chi connectivity index (χ2v) is 7.25. The first-order chi connectivity index (χ1) is 12.2. The molecule has 0 spiro atoms. The number of hydrogen-bond acceptors (Lipinski definition) is 4. The van der Waals surface area contributed by atoms with Gasteiger partial charge in [0.25, 0.3) is 5.91 Å². The van der Waals surface area contributed by atoms with Crippen LogP contribution < -0.4 is 0 Å². The Morgan fingerprint density at radius 1 is 1.12 bits per heavy atom. The average molecular weight is 343 g/mol. The molecule has 0 radical (unpaired) electrons. The van der Waals surface area contributed by atoms with Gasteiger partial charge >= 0.3 is 6.03 Å². The van der Waals surface area contributed by atoms with Crippen LogP contribution in [0.15, 0.2) is 30.3 Å². The highest BCUT2D eigenvalue weighted by Gasteiger charge is 2.52. The van der Waals surface area contributed by atoms with E-state index in [2.05, 4.69) is 29.2 Å². The molecule has 3 amide bonds. The molecule has 25 heavy (non-hydrogen) atoms. The molecule has 2 atom stereocenters. The average Bonchev–Trinajstić information content (AvgIpc) is 3.17. The lowest BCUT2D eigenvalue weighted by molar-refractivity contribution is -0.130. The number of benzene rings is 1. The Bertz CT molecular complexity index is 619. The number of hydrogen-bond donors (Lipinski definition) is 0. The summed E-state index contributed by atoms with van der Waals surface area (Å²) in [5.74, 6) is -0.0222. The Morgan fingerprint density at radius 3 is 2.48 bits per heavy atom. The van der Waals surface area contributed by atoms with Crippen LogP contribution in [-0.4, -0.2) is 71.6 Å². The standard InChI is InChI=1S/C19H25N3O3/c1-25-16-11-17-18(23)22(19(24)21(17)13-16)15-7-9-20(10-8-15)12-14-5-3-2-4-6-14/h2-6,15-17H,7-13H2,1H3/t16-,17-/m1/s1. The molecule has 0 N–H and O–H groups in total. The zero-order chi connectivity index (χ0) is 17.4. The van der Waals surface area contributed by atoms with Crippen LogP contribution in [-0.2, 0) is 16.1 Å². The summed E-state index contributed by atoms with van der Waals surface area (Å²) in [6.45, 7) is 3.30. The predicted octanol–water partition coefficient (Wildman–Crippen LogP) is 1.70. The third-order valence-electron chi connectivity index (χ3n) is 5.74. The van der Waals surface area contributed by atoms with Gasteiger partial charge in [0.15, 0.2) is 0 Å². The summed E-state index contributed by atoms with van der Waals surface area (Å²) in [7, 11) is 1.64. The van der Waals surface area contributed by atoms with Crippen molar-refractivity contribution in [2.45, 2.75) is 44.0 Å². The third kappa shape index (κ3) is 3.04. The fourth-order valence-electron chi connectivity index (χ4n) is 4.32. The Balaban J connectivity index is 1.35. The van der Waals surface area contributed by atoms with Crippen LogP contribution in [0, 0.1) is 0 Å². The van der Waals surface area contributed by atoms with E-state index in [4.69, 9.17) is 4.74 Å². The number of piperidine rings is 1. The van der Waals surface area contributed by atoms with Crippen molar-refractivity contribution in [1.29, 1.82) is 0 Å². The summed E-state index contributed by atoms with van der Waals surface area (Å²) >= 11 is 0. The molecular formula is C19H25N3O3. The molecule has 0 bridgehead atoms. The van der Waals surface area contributed by atoms with Gasteiger partial charge in [0.2, 0.25) is 0 Å². The normalized spacial score (nSPS) is 28.0. The number of nitrogens with zero attached hydrogens (tertiary/aromatic N) is 3. The summed E-state index contributed by atoms with van der Waals surface area (Å²) in [5, 5.41) is 0. The Hall–Kier alpha value is -1.92. The Labute approximate surface area is 148 Å². The third-order valence-corrected chi connectivity index (χ3v) is 5.74. The van der Waals surface area contributed by atoms with Gasteiger partial charge in [0.1, 0.15) is 6.04 Å². The van der Waals surface area contributed by atoms with Gasteiger partial charge in [0, 0.05) is 45.8 Å². The summed E-state index contributed by atoms with van der Waals surface area (Å²) in [4.78, 5) is 31.1. The van der Waals surface area contributed by atoms with Gasteiger partial charge in [-0.2, -0.15) is 0 Å². The van der Waals surface area contributed by atoms with Crippen LogP contribution in [0.2, 0.25) is 0 Å². The van der Waals surface area contributed by atoms with Gasteiger partial charge in [-0.25, -0.2) is 4.79 Å². The maximum absolute atomic E-state index is 12.7. The fourth-order valence-corrected chi connectivity index (χ4v) is 4.32. The topological polar surface area (TPSA) is 53.1 Å². The van der Waals surface area contributed by atoms with Crippen LogP contribution in [0.1, 0.15) is 24.8 Å². The Kier molecular flexibility index (Phi) is 4.48.